The molecule has 0 unspecified atom stereocenters. The number of benzene rings is 1. The lowest BCUT2D eigenvalue weighted by atomic mass is 10.0. The molecule has 22 heavy (non-hydrogen) atoms. The third kappa shape index (κ3) is 5.13. The minimum absolute atomic E-state index is 0.567. The van der Waals surface area contributed by atoms with E-state index in [-0.39, 0.29) is 0 Å². The van der Waals surface area contributed by atoms with E-state index >= 15 is 0 Å². The zero-order valence-electron chi connectivity index (χ0n) is 13.0. The quantitative estimate of drug-likeness (QED) is 0.615. The van der Waals surface area contributed by atoms with Crippen molar-refractivity contribution in [3.8, 4) is 0 Å². The van der Waals surface area contributed by atoms with Crippen LogP contribution in [0, 0.1) is 12.8 Å². The van der Waals surface area contributed by atoms with Crippen LogP contribution < -0.4 is 10.6 Å². The van der Waals surface area contributed by atoms with Crippen molar-refractivity contribution >= 4 is 33.4 Å². The third-order valence-electron chi connectivity index (χ3n) is 4.13. The molecular weight excluding hydrogens is 344 g/mol. The maximum absolute atomic E-state index is 11.9. The van der Waals surface area contributed by atoms with Gasteiger partial charge in [0, 0.05) is 11.0 Å². The van der Waals surface area contributed by atoms with Crippen molar-refractivity contribution < 1.29 is 9.59 Å². The predicted octanol–water partition coefficient (Wildman–Crippen LogP) is 3.78. The first-order valence-corrected chi connectivity index (χ1v) is 8.71. The van der Waals surface area contributed by atoms with Gasteiger partial charge >= 0.3 is 11.8 Å². The number of hydrogen-bond donors (Lipinski definition) is 2. The van der Waals surface area contributed by atoms with Gasteiger partial charge < -0.3 is 10.6 Å². The highest BCUT2D eigenvalue weighted by Gasteiger charge is 2.16. The van der Waals surface area contributed by atoms with E-state index in [1.807, 2.05) is 19.1 Å². The molecular formula is C17H23BrN2O2. The second kappa shape index (κ2) is 8.32. The van der Waals surface area contributed by atoms with Gasteiger partial charge in [-0.05, 0) is 59.3 Å². The summed E-state index contributed by atoms with van der Waals surface area (Å²) in [5, 5.41) is 5.31. The summed E-state index contributed by atoms with van der Waals surface area (Å²) in [5.74, 6) is -0.376. The first-order valence-electron chi connectivity index (χ1n) is 7.91. The first-order chi connectivity index (χ1) is 10.6. The Bertz CT molecular complexity index is 539. The Hall–Kier alpha value is -1.36. The van der Waals surface area contributed by atoms with Crippen LogP contribution in [-0.4, -0.2) is 18.4 Å². The predicted molar refractivity (Wildman–Crippen MR) is 91.7 cm³/mol. The molecule has 1 aromatic carbocycles. The molecule has 0 aliphatic heterocycles. The summed E-state index contributed by atoms with van der Waals surface area (Å²) in [5.41, 5.74) is 1.69. The van der Waals surface area contributed by atoms with Gasteiger partial charge in [0.25, 0.3) is 0 Å². The molecule has 2 amide bonds. The normalized spacial score (nSPS) is 14.8. The molecule has 1 aliphatic carbocycles. The van der Waals surface area contributed by atoms with E-state index in [0.717, 1.165) is 28.8 Å². The van der Waals surface area contributed by atoms with Crippen molar-refractivity contribution in [2.24, 2.45) is 5.92 Å². The molecule has 5 heteroatoms. The number of hydrogen-bond acceptors (Lipinski definition) is 2. The number of carbonyl (C=O) groups excluding carboxylic acids is 2. The fourth-order valence-electron chi connectivity index (χ4n) is 2.87. The fraction of sp³-hybridized carbons (Fsp3) is 0.529. The van der Waals surface area contributed by atoms with Crippen LogP contribution in [-0.2, 0) is 9.59 Å². The van der Waals surface area contributed by atoms with Crippen molar-refractivity contribution in [3.05, 3.63) is 28.2 Å². The van der Waals surface area contributed by atoms with Gasteiger partial charge in [0.1, 0.15) is 0 Å². The summed E-state index contributed by atoms with van der Waals surface area (Å²) in [4.78, 5) is 23.6. The molecule has 0 radical (unpaired) electrons. The first kappa shape index (κ1) is 17.0. The number of anilines is 1. The summed E-state index contributed by atoms with van der Waals surface area (Å²) >= 11 is 3.38. The summed E-state index contributed by atoms with van der Waals surface area (Å²) in [6.07, 6.45) is 7.39. The lowest BCUT2D eigenvalue weighted by Crippen LogP contribution is -2.36. The molecule has 120 valence electrons. The molecule has 4 nitrogen and oxygen atoms in total. The van der Waals surface area contributed by atoms with Crippen LogP contribution >= 0.6 is 15.9 Å². The number of nitrogens with one attached hydrogen (secondary N) is 2. The highest BCUT2D eigenvalue weighted by atomic mass is 79.9. The molecule has 0 atom stereocenters. The van der Waals surface area contributed by atoms with E-state index in [1.54, 1.807) is 6.07 Å². The zero-order valence-corrected chi connectivity index (χ0v) is 14.5. The van der Waals surface area contributed by atoms with Gasteiger partial charge in [-0.1, -0.05) is 31.7 Å². The van der Waals surface area contributed by atoms with Gasteiger partial charge in [-0.3, -0.25) is 9.59 Å². The number of rotatable bonds is 5. The Morgan fingerprint density at radius 2 is 1.95 bits per heavy atom. The van der Waals surface area contributed by atoms with E-state index in [9.17, 15) is 9.59 Å². The number of aryl methyl sites for hydroxylation is 1. The SMILES string of the molecule is Cc1ccc(NC(=O)C(=O)NCCCC2CCCC2)c(Br)c1. The summed E-state index contributed by atoms with van der Waals surface area (Å²) in [6, 6.07) is 5.57. The fourth-order valence-corrected chi connectivity index (χ4v) is 3.46. The highest BCUT2D eigenvalue weighted by molar-refractivity contribution is 9.10. The van der Waals surface area contributed by atoms with E-state index in [2.05, 4.69) is 26.6 Å². The molecule has 2 N–H and O–H groups in total. The molecule has 0 spiro atoms. The monoisotopic (exact) mass is 366 g/mol. The zero-order chi connectivity index (χ0) is 15.9. The van der Waals surface area contributed by atoms with Crippen LogP contribution in [0.1, 0.15) is 44.1 Å². The van der Waals surface area contributed by atoms with Gasteiger partial charge in [0.2, 0.25) is 0 Å². The van der Waals surface area contributed by atoms with Crippen LogP contribution in [0.4, 0.5) is 5.69 Å². The third-order valence-corrected chi connectivity index (χ3v) is 4.78. The second-order valence-electron chi connectivity index (χ2n) is 5.99. The van der Waals surface area contributed by atoms with Crippen molar-refractivity contribution in [1.29, 1.82) is 0 Å². The second-order valence-corrected chi connectivity index (χ2v) is 6.84. The van der Waals surface area contributed by atoms with E-state index in [4.69, 9.17) is 0 Å². The van der Waals surface area contributed by atoms with Crippen LogP contribution in [0.5, 0.6) is 0 Å². The van der Waals surface area contributed by atoms with E-state index < -0.39 is 11.8 Å². The van der Waals surface area contributed by atoms with E-state index in [0.29, 0.717) is 12.2 Å². The maximum Gasteiger partial charge on any atom is 0.313 e. The molecule has 1 fully saturated rings. The molecule has 1 aliphatic rings. The van der Waals surface area contributed by atoms with Crippen molar-refractivity contribution in [3.63, 3.8) is 0 Å². The Labute approximate surface area is 140 Å². The molecule has 0 heterocycles. The van der Waals surface area contributed by atoms with Gasteiger partial charge in [0.05, 0.1) is 5.69 Å². The topological polar surface area (TPSA) is 58.2 Å². The lowest BCUT2D eigenvalue weighted by Gasteiger charge is -2.10. The number of carbonyl (C=O) groups is 2. The van der Waals surface area contributed by atoms with Crippen LogP contribution in [0.25, 0.3) is 0 Å². The Morgan fingerprint density at radius 1 is 1.23 bits per heavy atom. The van der Waals surface area contributed by atoms with Crippen LogP contribution in [0.15, 0.2) is 22.7 Å². The smallest absolute Gasteiger partial charge is 0.313 e. The van der Waals surface area contributed by atoms with Crippen LogP contribution in [0.3, 0.4) is 0 Å². The van der Waals surface area contributed by atoms with Crippen LogP contribution in [0.2, 0.25) is 0 Å². The van der Waals surface area contributed by atoms with Gasteiger partial charge in [-0.15, -0.1) is 0 Å². The molecule has 1 saturated carbocycles. The molecule has 1 aromatic rings. The van der Waals surface area contributed by atoms with Gasteiger partial charge in [-0.2, -0.15) is 0 Å². The summed E-state index contributed by atoms with van der Waals surface area (Å²) < 4.78 is 0.773. The Kier molecular flexibility index (Phi) is 6.43. The Morgan fingerprint density at radius 3 is 2.64 bits per heavy atom. The molecule has 2 rings (SSSR count). The average molecular weight is 367 g/mol. The van der Waals surface area contributed by atoms with Crippen molar-refractivity contribution in [1.82, 2.24) is 5.32 Å². The van der Waals surface area contributed by atoms with E-state index in [1.165, 1.54) is 25.7 Å². The number of amides is 2. The van der Waals surface area contributed by atoms with Crippen molar-refractivity contribution in [2.45, 2.75) is 45.4 Å². The minimum Gasteiger partial charge on any atom is -0.348 e. The largest absolute Gasteiger partial charge is 0.348 e. The molecule has 0 saturated heterocycles. The Balaban J connectivity index is 1.71. The minimum atomic E-state index is -0.620. The lowest BCUT2D eigenvalue weighted by molar-refractivity contribution is -0.136. The highest BCUT2D eigenvalue weighted by Crippen LogP contribution is 2.28. The maximum atomic E-state index is 11.9. The summed E-state index contributed by atoms with van der Waals surface area (Å²) in [6.45, 7) is 2.53. The standard InChI is InChI=1S/C17H23BrN2O2/c1-12-8-9-15(14(18)11-12)20-17(22)16(21)19-10-4-7-13-5-2-3-6-13/h8-9,11,13H,2-7,10H2,1H3,(H,19,21)(H,20,22). The number of halogens is 1. The average Bonchev–Trinajstić information content (AvgIpc) is 2.99. The summed E-state index contributed by atoms with van der Waals surface area (Å²) in [7, 11) is 0. The van der Waals surface area contributed by atoms with Crippen molar-refractivity contribution in [2.75, 3.05) is 11.9 Å². The molecule has 0 aromatic heterocycles. The van der Waals surface area contributed by atoms with Gasteiger partial charge in [0.15, 0.2) is 0 Å². The van der Waals surface area contributed by atoms with Gasteiger partial charge in [-0.25, -0.2) is 0 Å². The molecule has 0 bridgehead atoms.